The second kappa shape index (κ2) is 7.13. The summed E-state index contributed by atoms with van der Waals surface area (Å²) in [6.07, 6.45) is 1.66. The second-order valence-corrected chi connectivity index (χ2v) is 10.2. The molecule has 34 heavy (non-hydrogen) atoms. The van der Waals surface area contributed by atoms with Crippen molar-refractivity contribution in [2.24, 2.45) is 5.41 Å². The van der Waals surface area contributed by atoms with Crippen molar-refractivity contribution in [3.63, 3.8) is 0 Å². The predicted octanol–water partition coefficient (Wildman–Crippen LogP) is 5.83. The molecule has 0 unspecified atom stereocenters. The third kappa shape index (κ3) is 2.58. The minimum absolute atomic E-state index is 0.0303. The average Bonchev–Trinajstić information content (AvgIpc) is 3.17. The van der Waals surface area contributed by atoms with Gasteiger partial charge in [-0.3, -0.25) is 15.2 Å². The zero-order valence-electron chi connectivity index (χ0n) is 19.7. The van der Waals surface area contributed by atoms with Gasteiger partial charge in [0.2, 0.25) is 0 Å². The minimum Gasteiger partial charge on any atom is -0.272 e. The van der Waals surface area contributed by atoms with E-state index < -0.39 is 5.41 Å². The number of aromatic nitrogens is 2. The molecule has 2 bridgehead atoms. The predicted molar refractivity (Wildman–Crippen MR) is 135 cm³/mol. The van der Waals surface area contributed by atoms with Crippen molar-refractivity contribution in [1.82, 2.24) is 15.4 Å². The summed E-state index contributed by atoms with van der Waals surface area (Å²) >= 11 is 0. The van der Waals surface area contributed by atoms with E-state index in [-0.39, 0.29) is 16.7 Å². The van der Waals surface area contributed by atoms with Crippen molar-refractivity contribution in [2.75, 3.05) is 5.01 Å². The number of hydrogen-bond donors (Lipinski definition) is 1. The first-order chi connectivity index (χ1) is 16.4. The molecule has 0 radical (unpaired) electrons. The Morgan fingerprint density at radius 1 is 0.735 bits per heavy atom. The molecule has 3 aromatic carbocycles. The van der Waals surface area contributed by atoms with Crippen LogP contribution in [0, 0.1) is 5.41 Å². The maximum absolute atomic E-state index is 14.4. The fourth-order valence-electron chi connectivity index (χ4n) is 6.18. The lowest BCUT2D eigenvalue weighted by Gasteiger charge is -2.40. The summed E-state index contributed by atoms with van der Waals surface area (Å²) in [7, 11) is 0. The molecular weight excluding hydrogens is 420 g/mol. The molecule has 6 rings (SSSR count). The molecule has 2 atom stereocenters. The van der Waals surface area contributed by atoms with E-state index in [0.29, 0.717) is 0 Å². The van der Waals surface area contributed by atoms with Crippen molar-refractivity contribution in [1.29, 1.82) is 0 Å². The number of benzene rings is 3. The zero-order valence-corrected chi connectivity index (χ0v) is 19.7. The molecule has 0 saturated heterocycles. The highest BCUT2D eigenvalue weighted by Crippen LogP contribution is 2.70. The first-order valence-electron chi connectivity index (χ1n) is 11.9. The van der Waals surface area contributed by atoms with E-state index in [1.165, 1.54) is 0 Å². The van der Waals surface area contributed by atoms with Crippen LogP contribution in [-0.4, -0.2) is 15.9 Å². The topological polar surface area (TPSA) is 58.1 Å². The van der Waals surface area contributed by atoms with Gasteiger partial charge in [0.25, 0.3) is 5.91 Å². The lowest BCUT2D eigenvalue weighted by atomic mass is 9.63. The molecule has 1 aromatic heterocycles. The third-order valence-corrected chi connectivity index (χ3v) is 8.57. The summed E-state index contributed by atoms with van der Waals surface area (Å²) in [5, 5.41) is 1.88. The van der Waals surface area contributed by atoms with Crippen LogP contribution in [0.2, 0.25) is 0 Å². The number of nitrogens with one attached hydrogen (secondary N) is 1. The van der Waals surface area contributed by atoms with Crippen molar-refractivity contribution in [3.8, 4) is 0 Å². The number of amides is 1. The number of carbonyl (C=O) groups is 1. The highest BCUT2D eigenvalue weighted by atomic mass is 16.2. The Hall–Kier alpha value is -3.73. The maximum atomic E-state index is 14.4. The maximum Gasteiger partial charge on any atom is 0.251 e. The molecule has 4 aromatic rings. The summed E-state index contributed by atoms with van der Waals surface area (Å²) in [6.45, 7) is 6.68. The van der Waals surface area contributed by atoms with Crippen LogP contribution in [0.25, 0.3) is 11.0 Å². The molecule has 170 valence electrons. The van der Waals surface area contributed by atoms with Gasteiger partial charge in [0, 0.05) is 5.41 Å². The molecule has 5 heteroatoms. The molecule has 1 heterocycles. The number of rotatable bonds is 4. The molecule has 1 fully saturated rings. The van der Waals surface area contributed by atoms with E-state index in [1.54, 1.807) is 0 Å². The van der Waals surface area contributed by atoms with Gasteiger partial charge in [-0.05, 0) is 54.7 Å². The Labute approximate surface area is 199 Å². The quantitative estimate of drug-likeness (QED) is 0.399. The van der Waals surface area contributed by atoms with E-state index in [4.69, 9.17) is 9.97 Å². The van der Waals surface area contributed by atoms with E-state index in [1.807, 2.05) is 89.9 Å². The van der Waals surface area contributed by atoms with Gasteiger partial charge < -0.3 is 0 Å². The minimum atomic E-state index is -0.768. The van der Waals surface area contributed by atoms with Crippen LogP contribution in [0.5, 0.6) is 0 Å². The summed E-state index contributed by atoms with van der Waals surface area (Å²) < 4.78 is 0. The summed E-state index contributed by atoms with van der Waals surface area (Å²) in [5.74, 6) is -0.0303. The molecule has 1 N–H and O–H groups in total. The van der Waals surface area contributed by atoms with Gasteiger partial charge >= 0.3 is 0 Å². The van der Waals surface area contributed by atoms with Crippen LogP contribution in [0.3, 0.4) is 0 Å². The molecule has 0 aliphatic heterocycles. The number of anilines is 2. The Kier molecular flexibility index (Phi) is 4.37. The lowest BCUT2D eigenvalue weighted by molar-refractivity contribution is -0.130. The van der Waals surface area contributed by atoms with Crippen molar-refractivity contribution in [2.45, 2.75) is 44.4 Å². The van der Waals surface area contributed by atoms with Crippen LogP contribution in [0.1, 0.15) is 45.0 Å². The van der Waals surface area contributed by atoms with Gasteiger partial charge in [-0.15, -0.1) is 0 Å². The first-order valence-corrected chi connectivity index (χ1v) is 11.9. The van der Waals surface area contributed by atoms with Crippen molar-refractivity contribution in [3.05, 3.63) is 96.3 Å². The van der Waals surface area contributed by atoms with Crippen LogP contribution in [0.15, 0.2) is 84.9 Å². The smallest absolute Gasteiger partial charge is 0.251 e. The van der Waals surface area contributed by atoms with E-state index >= 15 is 0 Å². The first kappa shape index (κ1) is 20.8. The zero-order chi connectivity index (χ0) is 23.6. The molecular formula is C29H28N4O. The fourth-order valence-corrected chi connectivity index (χ4v) is 6.18. The van der Waals surface area contributed by atoms with Gasteiger partial charge in [0.05, 0.1) is 33.8 Å². The van der Waals surface area contributed by atoms with E-state index in [0.717, 1.165) is 46.6 Å². The summed E-state index contributed by atoms with van der Waals surface area (Å²) in [4.78, 5) is 24.6. The Morgan fingerprint density at radius 2 is 1.24 bits per heavy atom. The van der Waals surface area contributed by atoms with Gasteiger partial charge in [-0.2, -0.15) is 0 Å². The number of hydrazine groups is 1. The standard InChI is InChI=1S/C29H28N4O/c1-27(2)28(3)18-19-29(27,25-24(28)30-22-16-10-11-17-23(22)31-25)26(34)32-33(20-12-6-4-7-13-20)21-14-8-5-9-15-21/h4-17H,18-19H2,1-3H3,(H,32,34)/t28-,29-/m1/s1. The number of hydrogen-bond acceptors (Lipinski definition) is 4. The van der Waals surface area contributed by atoms with E-state index in [9.17, 15) is 4.79 Å². The monoisotopic (exact) mass is 448 g/mol. The van der Waals surface area contributed by atoms with Crippen molar-refractivity contribution < 1.29 is 4.79 Å². The average molecular weight is 449 g/mol. The van der Waals surface area contributed by atoms with E-state index in [2.05, 4.69) is 26.2 Å². The molecule has 1 saturated carbocycles. The largest absolute Gasteiger partial charge is 0.272 e. The summed E-state index contributed by atoms with van der Waals surface area (Å²) in [6, 6.07) is 27.9. The lowest BCUT2D eigenvalue weighted by Crippen LogP contribution is -2.55. The van der Waals surface area contributed by atoms with Gasteiger partial charge in [0.1, 0.15) is 5.41 Å². The highest BCUT2D eigenvalue weighted by molar-refractivity contribution is 5.94. The Balaban J connectivity index is 1.50. The van der Waals surface area contributed by atoms with Crippen LogP contribution >= 0.6 is 0 Å². The summed E-state index contributed by atoms with van der Waals surface area (Å²) in [5.41, 5.74) is 7.30. The van der Waals surface area contributed by atoms with Gasteiger partial charge in [-0.1, -0.05) is 69.3 Å². The molecule has 2 aliphatic rings. The highest BCUT2D eigenvalue weighted by Gasteiger charge is 2.73. The van der Waals surface area contributed by atoms with Crippen LogP contribution in [-0.2, 0) is 15.6 Å². The third-order valence-electron chi connectivity index (χ3n) is 8.57. The normalized spacial score (nSPS) is 24.1. The second-order valence-electron chi connectivity index (χ2n) is 10.2. The molecule has 5 nitrogen and oxygen atoms in total. The van der Waals surface area contributed by atoms with Crippen LogP contribution in [0.4, 0.5) is 11.4 Å². The van der Waals surface area contributed by atoms with Crippen LogP contribution < -0.4 is 10.4 Å². The fraction of sp³-hybridized carbons (Fsp3) is 0.276. The van der Waals surface area contributed by atoms with Crippen molar-refractivity contribution >= 4 is 28.3 Å². The number of nitrogens with zero attached hydrogens (tertiary/aromatic N) is 3. The number of carbonyl (C=O) groups excluding carboxylic acids is 1. The molecule has 1 amide bonds. The Morgan fingerprint density at radius 3 is 1.79 bits per heavy atom. The van der Waals surface area contributed by atoms with Gasteiger partial charge in [-0.25, -0.2) is 9.97 Å². The molecule has 2 aliphatic carbocycles. The number of para-hydroxylation sites is 4. The van der Waals surface area contributed by atoms with Gasteiger partial charge in [0.15, 0.2) is 0 Å². The SMILES string of the molecule is CC1(C)[C@]2(C(=O)NN(c3ccccc3)c3ccccc3)CC[C@]1(C)c1nc3ccccc3nc12. The molecule has 0 spiro atoms. The number of fused-ring (bicyclic) bond motifs is 6. The Bertz CT molecular complexity index is 1360.